The highest BCUT2D eigenvalue weighted by Gasteiger charge is 2.10. The van der Waals surface area contributed by atoms with Crippen LogP contribution in [0.3, 0.4) is 0 Å². The van der Waals surface area contributed by atoms with Crippen LogP contribution in [0, 0.1) is 11.3 Å². The van der Waals surface area contributed by atoms with E-state index in [2.05, 4.69) is 27.3 Å². The van der Waals surface area contributed by atoms with Gasteiger partial charge in [0.2, 0.25) is 0 Å². The van der Waals surface area contributed by atoms with Crippen LogP contribution >= 0.6 is 38.9 Å². The number of hydrogen-bond acceptors (Lipinski definition) is 3. The van der Waals surface area contributed by atoms with Crippen molar-refractivity contribution in [3.63, 3.8) is 0 Å². The van der Waals surface area contributed by atoms with Crippen molar-refractivity contribution in [3.8, 4) is 6.07 Å². The Morgan fingerprint density at radius 3 is 2.82 bits per heavy atom. The van der Waals surface area contributed by atoms with Gasteiger partial charge in [-0.2, -0.15) is 16.6 Å². The number of thiophene rings is 1. The Morgan fingerprint density at radius 2 is 2.24 bits per heavy atom. The predicted octanol–water partition coefficient (Wildman–Crippen LogP) is 4.84. The fourth-order valence-electron chi connectivity index (χ4n) is 1.38. The number of halogens is 2. The molecule has 0 amide bonds. The highest BCUT2D eigenvalue weighted by atomic mass is 79.9. The fraction of sp³-hybridized carbons (Fsp3) is 0.0833. The Bertz CT molecular complexity index is 548. The lowest BCUT2D eigenvalue weighted by molar-refractivity contribution is 1.01. The summed E-state index contributed by atoms with van der Waals surface area (Å²) in [6, 6.07) is 9.34. The Labute approximate surface area is 117 Å². The number of hydrogen-bond donors (Lipinski definition) is 1. The molecule has 1 unspecified atom stereocenters. The number of rotatable bonds is 3. The maximum absolute atomic E-state index is 9.14. The van der Waals surface area contributed by atoms with Crippen LogP contribution in [-0.2, 0) is 0 Å². The lowest BCUT2D eigenvalue weighted by Gasteiger charge is -2.12. The molecule has 0 fully saturated rings. The van der Waals surface area contributed by atoms with Gasteiger partial charge in [0.1, 0.15) is 6.04 Å². The van der Waals surface area contributed by atoms with Crippen molar-refractivity contribution >= 4 is 44.6 Å². The Morgan fingerprint density at radius 1 is 1.41 bits per heavy atom. The molecule has 0 aliphatic heterocycles. The summed E-state index contributed by atoms with van der Waals surface area (Å²) in [6.45, 7) is 0. The molecule has 86 valence electrons. The SMILES string of the molecule is N#CC(Nc1ccc(Cl)c(Br)c1)c1ccsc1. The summed E-state index contributed by atoms with van der Waals surface area (Å²) >= 11 is 10.8. The van der Waals surface area contributed by atoms with Gasteiger partial charge >= 0.3 is 0 Å². The van der Waals surface area contributed by atoms with Crippen molar-refractivity contribution in [2.24, 2.45) is 0 Å². The quantitative estimate of drug-likeness (QED) is 0.875. The van der Waals surface area contributed by atoms with Crippen molar-refractivity contribution in [1.29, 1.82) is 5.26 Å². The molecule has 1 N–H and O–H groups in total. The molecule has 0 saturated heterocycles. The van der Waals surface area contributed by atoms with E-state index in [9.17, 15) is 0 Å². The predicted molar refractivity (Wildman–Crippen MR) is 75.4 cm³/mol. The molecule has 0 aliphatic carbocycles. The van der Waals surface area contributed by atoms with E-state index in [1.165, 1.54) is 0 Å². The molecule has 17 heavy (non-hydrogen) atoms. The maximum Gasteiger partial charge on any atom is 0.141 e. The smallest absolute Gasteiger partial charge is 0.141 e. The molecular weight excluding hydrogens is 320 g/mol. The van der Waals surface area contributed by atoms with Crippen molar-refractivity contribution in [1.82, 2.24) is 0 Å². The summed E-state index contributed by atoms with van der Waals surface area (Å²) in [4.78, 5) is 0. The second-order valence-electron chi connectivity index (χ2n) is 3.39. The molecule has 0 saturated carbocycles. The maximum atomic E-state index is 9.14. The first-order chi connectivity index (χ1) is 8.20. The molecular formula is C12H8BrClN2S. The van der Waals surface area contributed by atoms with Gasteiger partial charge in [-0.3, -0.25) is 0 Å². The highest BCUT2D eigenvalue weighted by Crippen LogP contribution is 2.28. The Kier molecular flexibility index (Phi) is 4.06. The number of nitrogens with zero attached hydrogens (tertiary/aromatic N) is 1. The van der Waals surface area contributed by atoms with E-state index in [1.54, 1.807) is 17.4 Å². The van der Waals surface area contributed by atoms with Gasteiger partial charge in [-0.15, -0.1) is 0 Å². The van der Waals surface area contributed by atoms with Crippen molar-refractivity contribution in [2.45, 2.75) is 6.04 Å². The van der Waals surface area contributed by atoms with Crippen LogP contribution in [0.25, 0.3) is 0 Å². The molecule has 0 radical (unpaired) electrons. The van der Waals surface area contributed by atoms with Gasteiger partial charge in [0.25, 0.3) is 0 Å². The minimum atomic E-state index is -0.339. The highest BCUT2D eigenvalue weighted by molar-refractivity contribution is 9.10. The van der Waals surface area contributed by atoms with Gasteiger partial charge in [-0.05, 0) is 56.5 Å². The van der Waals surface area contributed by atoms with E-state index in [4.69, 9.17) is 16.9 Å². The summed E-state index contributed by atoms with van der Waals surface area (Å²) in [6.07, 6.45) is 0. The minimum absolute atomic E-state index is 0.339. The Balaban J connectivity index is 2.20. The normalized spacial score (nSPS) is 11.8. The average molecular weight is 328 g/mol. The molecule has 5 heteroatoms. The molecule has 0 bridgehead atoms. The molecule has 0 aliphatic rings. The zero-order valence-corrected chi connectivity index (χ0v) is 11.8. The van der Waals surface area contributed by atoms with E-state index < -0.39 is 0 Å². The lowest BCUT2D eigenvalue weighted by atomic mass is 10.1. The van der Waals surface area contributed by atoms with Gasteiger partial charge in [0.15, 0.2) is 0 Å². The minimum Gasteiger partial charge on any atom is -0.366 e. The summed E-state index contributed by atoms with van der Waals surface area (Å²) < 4.78 is 0.811. The number of anilines is 1. The Hall–Kier alpha value is -1.02. The van der Waals surface area contributed by atoms with Crippen LogP contribution in [0.5, 0.6) is 0 Å². The van der Waals surface area contributed by atoms with Gasteiger partial charge in [-0.1, -0.05) is 11.6 Å². The van der Waals surface area contributed by atoms with Gasteiger partial charge in [-0.25, -0.2) is 0 Å². The second-order valence-corrected chi connectivity index (χ2v) is 5.43. The number of nitrogens with one attached hydrogen (secondary N) is 1. The molecule has 2 nitrogen and oxygen atoms in total. The largest absolute Gasteiger partial charge is 0.366 e. The third-order valence-corrected chi connectivity index (χ3v) is 4.15. The average Bonchev–Trinajstić information content (AvgIpc) is 2.84. The first kappa shape index (κ1) is 12.4. The summed E-state index contributed by atoms with van der Waals surface area (Å²) in [5.41, 5.74) is 1.84. The molecule has 2 rings (SSSR count). The van der Waals surface area contributed by atoms with Gasteiger partial charge < -0.3 is 5.32 Å². The fourth-order valence-corrected chi connectivity index (χ4v) is 2.56. The van der Waals surface area contributed by atoms with Gasteiger partial charge in [0.05, 0.1) is 11.1 Å². The zero-order valence-electron chi connectivity index (χ0n) is 8.65. The van der Waals surface area contributed by atoms with E-state index in [-0.39, 0.29) is 6.04 Å². The second kappa shape index (κ2) is 5.54. The molecule has 1 atom stereocenters. The van der Waals surface area contributed by atoms with Crippen molar-refractivity contribution in [2.75, 3.05) is 5.32 Å². The van der Waals surface area contributed by atoms with Crippen LogP contribution in [0.4, 0.5) is 5.69 Å². The van der Waals surface area contributed by atoms with E-state index >= 15 is 0 Å². The third kappa shape index (κ3) is 3.01. The molecule has 1 heterocycles. The number of benzene rings is 1. The van der Waals surface area contributed by atoms with Crippen LogP contribution in [0.2, 0.25) is 5.02 Å². The molecule has 0 spiro atoms. The number of nitriles is 1. The monoisotopic (exact) mass is 326 g/mol. The van der Waals surface area contributed by atoms with Crippen LogP contribution in [-0.4, -0.2) is 0 Å². The topological polar surface area (TPSA) is 35.8 Å². The van der Waals surface area contributed by atoms with Crippen LogP contribution in [0.15, 0.2) is 39.5 Å². The van der Waals surface area contributed by atoms with E-state index in [0.717, 1.165) is 15.7 Å². The summed E-state index contributed by atoms with van der Waals surface area (Å²) in [7, 11) is 0. The molecule has 1 aromatic carbocycles. The van der Waals surface area contributed by atoms with Crippen LogP contribution < -0.4 is 5.32 Å². The van der Waals surface area contributed by atoms with Gasteiger partial charge in [0, 0.05) is 10.2 Å². The summed E-state index contributed by atoms with van der Waals surface area (Å²) in [5.74, 6) is 0. The van der Waals surface area contributed by atoms with Crippen molar-refractivity contribution < 1.29 is 0 Å². The lowest BCUT2D eigenvalue weighted by Crippen LogP contribution is -2.07. The van der Waals surface area contributed by atoms with E-state index in [0.29, 0.717) is 5.02 Å². The van der Waals surface area contributed by atoms with E-state index in [1.807, 2.05) is 29.0 Å². The third-order valence-electron chi connectivity index (χ3n) is 2.24. The van der Waals surface area contributed by atoms with Crippen molar-refractivity contribution in [3.05, 3.63) is 50.1 Å². The van der Waals surface area contributed by atoms with Crippen LogP contribution in [0.1, 0.15) is 11.6 Å². The molecule has 2 aromatic rings. The standard InChI is InChI=1S/C12H8BrClN2S/c13-10-5-9(1-2-11(10)14)16-12(6-15)8-3-4-17-7-8/h1-5,7,12,16H. The first-order valence-electron chi connectivity index (χ1n) is 4.84. The summed E-state index contributed by atoms with van der Waals surface area (Å²) in [5, 5.41) is 16.9. The molecule has 1 aromatic heterocycles. The first-order valence-corrected chi connectivity index (χ1v) is 6.95. The zero-order chi connectivity index (χ0) is 12.3.